The quantitative estimate of drug-likeness (QED) is 0.446. The first-order chi connectivity index (χ1) is 13.3. The summed E-state index contributed by atoms with van der Waals surface area (Å²) in [6.07, 6.45) is -2.87. The van der Waals surface area contributed by atoms with Crippen molar-refractivity contribution in [1.29, 1.82) is 0 Å². The highest BCUT2D eigenvalue weighted by molar-refractivity contribution is 5.89. The minimum absolute atomic E-state index is 0.0942. The molecule has 0 radical (unpaired) electrons. The maximum atomic E-state index is 13.8. The molecule has 3 rings (SSSR count). The van der Waals surface area contributed by atoms with Crippen molar-refractivity contribution >= 4 is 16.9 Å². The molecule has 0 atom stereocenters. The zero-order valence-electron chi connectivity index (χ0n) is 14.5. The Balaban J connectivity index is 1.60. The molecule has 2 aromatic carbocycles. The summed E-state index contributed by atoms with van der Waals surface area (Å²) >= 11 is 0. The molecule has 0 aliphatic rings. The Morgan fingerprint density at radius 1 is 1.00 bits per heavy atom. The molecule has 0 aliphatic carbocycles. The number of benzene rings is 2. The Morgan fingerprint density at radius 3 is 2.46 bits per heavy atom. The van der Waals surface area contributed by atoms with Gasteiger partial charge in [-0.25, -0.2) is 9.18 Å². The fraction of sp³-hybridized carbons (Fsp3) is 0.200. The average Bonchev–Trinajstić information content (AvgIpc) is 2.67. The largest absolute Gasteiger partial charge is 0.457 e. The Kier molecular flexibility index (Phi) is 5.89. The lowest BCUT2D eigenvalue weighted by atomic mass is 10.1. The molecule has 0 fully saturated rings. The van der Waals surface area contributed by atoms with Crippen LogP contribution in [0.4, 0.5) is 17.6 Å². The second kappa shape index (κ2) is 8.35. The van der Waals surface area contributed by atoms with E-state index in [0.717, 1.165) is 0 Å². The number of carbonyl (C=O) groups is 1. The van der Waals surface area contributed by atoms with E-state index in [1.807, 2.05) is 0 Å². The molecular weight excluding hydrogens is 378 g/mol. The first-order valence-corrected chi connectivity index (χ1v) is 8.26. The highest BCUT2D eigenvalue weighted by atomic mass is 19.4. The fourth-order valence-electron chi connectivity index (χ4n) is 2.56. The zero-order chi connectivity index (χ0) is 20.1. The number of halogens is 4. The van der Waals surface area contributed by atoms with Crippen molar-refractivity contribution in [2.75, 3.05) is 6.61 Å². The minimum Gasteiger partial charge on any atom is -0.457 e. The maximum absolute atomic E-state index is 13.8. The van der Waals surface area contributed by atoms with Crippen molar-refractivity contribution < 1.29 is 31.8 Å². The molecule has 1 heterocycles. The van der Waals surface area contributed by atoms with Crippen molar-refractivity contribution in [1.82, 2.24) is 4.98 Å². The van der Waals surface area contributed by atoms with Crippen molar-refractivity contribution in [2.45, 2.75) is 19.4 Å². The van der Waals surface area contributed by atoms with E-state index in [4.69, 9.17) is 4.74 Å². The van der Waals surface area contributed by atoms with Gasteiger partial charge in [-0.05, 0) is 35.9 Å². The molecule has 0 spiro atoms. The highest BCUT2D eigenvalue weighted by Gasteiger charge is 2.27. The van der Waals surface area contributed by atoms with Crippen LogP contribution < -0.4 is 0 Å². The number of pyridine rings is 1. The molecular formula is C20H15F4NO3. The molecule has 0 unspecified atom stereocenters. The second-order valence-corrected chi connectivity index (χ2v) is 5.99. The molecule has 8 heteroatoms. The lowest BCUT2D eigenvalue weighted by molar-refractivity contribution is -0.176. The van der Waals surface area contributed by atoms with Gasteiger partial charge in [-0.15, -0.1) is 0 Å². The normalized spacial score (nSPS) is 11.6. The summed E-state index contributed by atoms with van der Waals surface area (Å²) in [7, 11) is 0. The van der Waals surface area contributed by atoms with Crippen LogP contribution in [0.25, 0.3) is 10.9 Å². The van der Waals surface area contributed by atoms with E-state index in [0.29, 0.717) is 22.0 Å². The van der Waals surface area contributed by atoms with E-state index in [1.165, 1.54) is 42.6 Å². The molecule has 3 aromatic rings. The fourth-order valence-corrected chi connectivity index (χ4v) is 2.56. The number of ether oxygens (including phenoxy) is 2. The van der Waals surface area contributed by atoms with Gasteiger partial charge in [0.15, 0.2) is 0 Å². The number of nitrogens with zero attached hydrogens (tertiary/aromatic N) is 1. The Labute approximate surface area is 157 Å². The molecule has 0 saturated carbocycles. The summed E-state index contributed by atoms with van der Waals surface area (Å²) in [5, 5.41) is 0.333. The van der Waals surface area contributed by atoms with Crippen LogP contribution in [0, 0.1) is 5.82 Å². The predicted molar refractivity (Wildman–Crippen MR) is 93.0 cm³/mol. The van der Waals surface area contributed by atoms with E-state index in [9.17, 15) is 22.4 Å². The number of rotatable bonds is 6. The third kappa shape index (κ3) is 5.04. The third-order valence-corrected chi connectivity index (χ3v) is 3.88. The highest BCUT2D eigenvalue weighted by Crippen LogP contribution is 2.21. The number of carbonyl (C=O) groups excluding carboxylic acids is 1. The lowest BCUT2D eigenvalue weighted by Gasteiger charge is -2.09. The number of aromatic nitrogens is 1. The molecule has 0 aliphatic heterocycles. The van der Waals surface area contributed by atoms with Crippen LogP contribution in [0.15, 0.2) is 54.7 Å². The molecule has 0 amide bonds. The van der Waals surface area contributed by atoms with Crippen LogP contribution in [0.5, 0.6) is 0 Å². The van der Waals surface area contributed by atoms with Gasteiger partial charge in [-0.1, -0.05) is 18.2 Å². The Hall–Kier alpha value is -3.00. The molecule has 1 aromatic heterocycles. The maximum Gasteiger partial charge on any atom is 0.411 e. The number of hydrogen-bond donors (Lipinski definition) is 0. The number of alkyl halides is 3. The number of esters is 1. The van der Waals surface area contributed by atoms with Gasteiger partial charge in [0, 0.05) is 17.1 Å². The summed E-state index contributed by atoms with van der Waals surface area (Å²) in [6, 6.07) is 11.8. The topological polar surface area (TPSA) is 48.4 Å². The first kappa shape index (κ1) is 19.8. The van der Waals surface area contributed by atoms with E-state index in [-0.39, 0.29) is 18.8 Å². The van der Waals surface area contributed by atoms with E-state index < -0.39 is 24.6 Å². The molecule has 0 bridgehead atoms. The molecule has 0 N–H and O–H groups in total. The summed E-state index contributed by atoms with van der Waals surface area (Å²) in [5.74, 6) is -1.03. The van der Waals surface area contributed by atoms with Gasteiger partial charge < -0.3 is 9.47 Å². The van der Waals surface area contributed by atoms with Crippen LogP contribution in [0.1, 0.15) is 21.5 Å². The molecule has 4 nitrogen and oxygen atoms in total. The number of fused-ring (bicyclic) bond motifs is 1. The van der Waals surface area contributed by atoms with Gasteiger partial charge in [0.05, 0.1) is 17.7 Å². The summed E-state index contributed by atoms with van der Waals surface area (Å²) in [5.41, 5.74) is 1.70. The molecule has 28 heavy (non-hydrogen) atoms. The van der Waals surface area contributed by atoms with Crippen LogP contribution >= 0.6 is 0 Å². The van der Waals surface area contributed by atoms with Gasteiger partial charge in [0.1, 0.15) is 19.0 Å². The van der Waals surface area contributed by atoms with Crippen LogP contribution in [0.3, 0.4) is 0 Å². The molecule has 146 valence electrons. The minimum atomic E-state index is -4.39. The van der Waals surface area contributed by atoms with Crippen LogP contribution in [-0.4, -0.2) is 23.7 Å². The van der Waals surface area contributed by atoms with E-state index in [1.54, 1.807) is 12.1 Å². The summed E-state index contributed by atoms with van der Waals surface area (Å²) in [4.78, 5) is 16.3. The van der Waals surface area contributed by atoms with E-state index >= 15 is 0 Å². The van der Waals surface area contributed by atoms with Crippen molar-refractivity contribution in [2.24, 2.45) is 0 Å². The third-order valence-electron chi connectivity index (χ3n) is 3.88. The summed E-state index contributed by atoms with van der Waals surface area (Å²) in [6.45, 7) is -1.65. The van der Waals surface area contributed by atoms with Crippen molar-refractivity contribution in [3.05, 3.63) is 77.2 Å². The van der Waals surface area contributed by atoms with Gasteiger partial charge in [-0.3, -0.25) is 4.98 Å². The zero-order valence-corrected chi connectivity index (χ0v) is 14.5. The van der Waals surface area contributed by atoms with Crippen molar-refractivity contribution in [3.8, 4) is 0 Å². The van der Waals surface area contributed by atoms with Gasteiger partial charge >= 0.3 is 12.1 Å². The van der Waals surface area contributed by atoms with Crippen LogP contribution in [-0.2, 0) is 22.7 Å². The van der Waals surface area contributed by atoms with Crippen LogP contribution in [0.2, 0.25) is 0 Å². The van der Waals surface area contributed by atoms with Gasteiger partial charge in [0.25, 0.3) is 0 Å². The Bertz CT molecular complexity index is 971. The van der Waals surface area contributed by atoms with E-state index in [2.05, 4.69) is 9.72 Å². The lowest BCUT2D eigenvalue weighted by Crippen LogP contribution is -2.16. The molecule has 0 saturated heterocycles. The monoisotopic (exact) mass is 393 g/mol. The van der Waals surface area contributed by atoms with Gasteiger partial charge in [0.2, 0.25) is 0 Å². The van der Waals surface area contributed by atoms with Gasteiger partial charge in [-0.2, -0.15) is 13.2 Å². The standard InChI is InChI=1S/C20H15F4NO3/c21-17-8-7-15(18-16(17)2-1-9-25-18)11-28-19(26)14-5-3-13(4-6-14)10-27-12-20(22,23)24/h1-9H,10-12H2. The first-order valence-electron chi connectivity index (χ1n) is 8.26. The summed E-state index contributed by atoms with van der Waals surface area (Å²) < 4.78 is 59.8. The number of hydrogen-bond acceptors (Lipinski definition) is 4. The SMILES string of the molecule is O=C(OCc1ccc(F)c2cccnc12)c1ccc(COCC(F)(F)F)cc1. The average molecular weight is 393 g/mol. The smallest absolute Gasteiger partial charge is 0.411 e. The Morgan fingerprint density at radius 2 is 1.75 bits per heavy atom. The van der Waals surface area contributed by atoms with Crippen molar-refractivity contribution in [3.63, 3.8) is 0 Å². The second-order valence-electron chi connectivity index (χ2n) is 5.99. The predicted octanol–water partition coefficient (Wildman–Crippen LogP) is 4.81.